The topological polar surface area (TPSA) is 47.6 Å². The second kappa shape index (κ2) is 7.36. The maximum absolute atomic E-state index is 12.4. The third-order valence-electron chi connectivity index (χ3n) is 4.06. The quantitative estimate of drug-likeness (QED) is 0.732. The molecule has 0 atom stereocenters. The first-order chi connectivity index (χ1) is 11.7. The molecule has 0 heterocycles. The van der Waals surface area contributed by atoms with Gasteiger partial charge in [0.1, 0.15) is 11.3 Å². The van der Waals surface area contributed by atoms with Crippen molar-refractivity contribution in [2.45, 2.75) is 33.1 Å². The Kier molecular flexibility index (Phi) is 5.63. The molecule has 0 fully saturated rings. The van der Waals surface area contributed by atoms with E-state index in [0.29, 0.717) is 16.3 Å². The minimum absolute atomic E-state index is 0.210. The number of rotatable bonds is 4. The van der Waals surface area contributed by atoms with Crippen molar-refractivity contribution in [3.8, 4) is 5.75 Å². The highest BCUT2D eigenvalue weighted by Crippen LogP contribution is 2.40. The van der Waals surface area contributed by atoms with Crippen LogP contribution in [-0.4, -0.2) is 20.2 Å². The van der Waals surface area contributed by atoms with Gasteiger partial charge in [0, 0.05) is 22.0 Å². The highest BCUT2D eigenvalue weighted by atomic mass is 35.5. The van der Waals surface area contributed by atoms with Gasteiger partial charge in [0.05, 0.1) is 14.2 Å². The molecule has 4 nitrogen and oxygen atoms in total. The van der Waals surface area contributed by atoms with Gasteiger partial charge >= 0.3 is 5.97 Å². The molecular weight excluding hydrogens is 338 g/mol. The lowest BCUT2D eigenvalue weighted by Gasteiger charge is -2.26. The van der Waals surface area contributed by atoms with Crippen LogP contribution in [0.4, 0.5) is 11.4 Å². The molecule has 0 radical (unpaired) electrons. The van der Waals surface area contributed by atoms with Crippen LogP contribution in [0, 0.1) is 6.92 Å². The summed E-state index contributed by atoms with van der Waals surface area (Å²) in [6.45, 7) is 8.10. The number of hydrogen-bond acceptors (Lipinski definition) is 4. The normalized spacial score (nSPS) is 11.2. The Bertz CT molecular complexity index is 777. The van der Waals surface area contributed by atoms with Crippen molar-refractivity contribution in [1.82, 2.24) is 0 Å². The van der Waals surface area contributed by atoms with Crippen molar-refractivity contribution in [2.75, 3.05) is 19.5 Å². The zero-order valence-corrected chi connectivity index (χ0v) is 16.2. The van der Waals surface area contributed by atoms with Crippen LogP contribution in [0.1, 0.15) is 42.3 Å². The number of carbonyl (C=O) groups is 1. The van der Waals surface area contributed by atoms with E-state index in [0.717, 1.165) is 22.5 Å². The minimum Gasteiger partial charge on any atom is -0.496 e. The smallest absolute Gasteiger partial charge is 0.342 e. The molecule has 25 heavy (non-hydrogen) atoms. The second-order valence-electron chi connectivity index (χ2n) is 6.88. The molecule has 1 N–H and O–H groups in total. The predicted molar refractivity (Wildman–Crippen MR) is 103 cm³/mol. The standard InChI is InChI=1S/C20H24ClNO3/c1-12-16(22-14-9-7-13(21)8-10-14)11-15(20(2,3)4)18(24-5)17(12)19(23)25-6/h7-11,22H,1-6H3. The van der Waals surface area contributed by atoms with Gasteiger partial charge in [-0.25, -0.2) is 4.79 Å². The lowest BCUT2D eigenvalue weighted by Crippen LogP contribution is -2.18. The predicted octanol–water partition coefficient (Wildman–Crippen LogP) is 5.48. The highest BCUT2D eigenvalue weighted by molar-refractivity contribution is 6.30. The molecule has 2 rings (SSSR count). The number of ether oxygens (including phenoxy) is 2. The molecule has 0 saturated carbocycles. The maximum Gasteiger partial charge on any atom is 0.342 e. The number of anilines is 2. The van der Waals surface area contributed by atoms with Crippen LogP contribution in [0.2, 0.25) is 5.02 Å². The molecular formula is C20H24ClNO3. The largest absolute Gasteiger partial charge is 0.496 e. The summed E-state index contributed by atoms with van der Waals surface area (Å²) in [6.07, 6.45) is 0. The summed E-state index contributed by atoms with van der Waals surface area (Å²) in [5.74, 6) is 0.137. The van der Waals surface area contributed by atoms with Gasteiger partial charge in [0.15, 0.2) is 0 Å². The minimum atomic E-state index is -0.417. The van der Waals surface area contributed by atoms with Crippen LogP contribution >= 0.6 is 11.6 Å². The Morgan fingerprint density at radius 2 is 1.72 bits per heavy atom. The number of halogens is 1. The van der Waals surface area contributed by atoms with E-state index < -0.39 is 5.97 Å². The Labute approximate surface area is 154 Å². The van der Waals surface area contributed by atoms with Crippen molar-refractivity contribution in [1.29, 1.82) is 0 Å². The molecule has 0 unspecified atom stereocenters. The Morgan fingerprint density at radius 3 is 2.20 bits per heavy atom. The fourth-order valence-electron chi connectivity index (χ4n) is 2.69. The second-order valence-corrected chi connectivity index (χ2v) is 7.31. The molecule has 2 aromatic rings. The van der Waals surface area contributed by atoms with Crippen molar-refractivity contribution in [3.05, 3.63) is 52.0 Å². The van der Waals surface area contributed by atoms with Crippen LogP contribution in [0.15, 0.2) is 30.3 Å². The van der Waals surface area contributed by atoms with Gasteiger partial charge in [0.25, 0.3) is 0 Å². The molecule has 0 aliphatic carbocycles. The number of nitrogens with one attached hydrogen (secondary N) is 1. The summed E-state index contributed by atoms with van der Waals surface area (Å²) in [5, 5.41) is 4.03. The molecule has 0 spiro atoms. The van der Waals surface area contributed by atoms with Gasteiger partial charge in [0.2, 0.25) is 0 Å². The molecule has 0 bridgehead atoms. The van der Waals surface area contributed by atoms with Gasteiger partial charge < -0.3 is 14.8 Å². The van der Waals surface area contributed by atoms with Gasteiger partial charge in [-0.15, -0.1) is 0 Å². The molecule has 0 amide bonds. The fourth-order valence-corrected chi connectivity index (χ4v) is 2.82. The van der Waals surface area contributed by atoms with E-state index in [2.05, 4.69) is 26.1 Å². The van der Waals surface area contributed by atoms with Crippen LogP contribution in [-0.2, 0) is 10.2 Å². The number of benzene rings is 2. The summed E-state index contributed by atoms with van der Waals surface area (Å²) in [4.78, 5) is 12.4. The first-order valence-corrected chi connectivity index (χ1v) is 8.39. The lowest BCUT2D eigenvalue weighted by molar-refractivity contribution is 0.0596. The van der Waals surface area contributed by atoms with Crippen molar-refractivity contribution >= 4 is 28.9 Å². The molecule has 2 aromatic carbocycles. The zero-order valence-electron chi connectivity index (χ0n) is 15.5. The van der Waals surface area contributed by atoms with E-state index in [-0.39, 0.29) is 5.41 Å². The van der Waals surface area contributed by atoms with E-state index >= 15 is 0 Å². The van der Waals surface area contributed by atoms with E-state index in [1.165, 1.54) is 7.11 Å². The van der Waals surface area contributed by atoms with Crippen LogP contribution in [0.5, 0.6) is 5.75 Å². The summed E-state index contributed by atoms with van der Waals surface area (Å²) in [5.41, 5.74) is 3.64. The van der Waals surface area contributed by atoms with Gasteiger partial charge in [-0.1, -0.05) is 32.4 Å². The Balaban J connectivity index is 2.67. The van der Waals surface area contributed by atoms with Gasteiger partial charge in [-0.05, 0) is 48.2 Å². The third kappa shape index (κ3) is 4.07. The van der Waals surface area contributed by atoms with E-state index in [1.54, 1.807) is 7.11 Å². The van der Waals surface area contributed by atoms with E-state index in [4.69, 9.17) is 21.1 Å². The van der Waals surface area contributed by atoms with Crippen molar-refractivity contribution < 1.29 is 14.3 Å². The van der Waals surface area contributed by atoms with Crippen molar-refractivity contribution in [3.63, 3.8) is 0 Å². The number of hydrogen-bond donors (Lipinski definition) is 1. The van der Waals surface area contributed by atoms with E-state index in [1.807, 2.05) is 37.3 Å². The fraction of sp³-hybridized carbons (Fsp3) is 0.350. The maximum atomic E-state index is 12.4. The Hall–Kier alpha value is -2.20. The summed E-state index contributed by atoms with van der Waals surface area (Å²) in [6, 6.07) is 9.43. The molecule has 0 saturated heterocycles. The molecule has 0 aliphatic rings. The third-order valence-corrected chi connectivity index (χ3v) is 4.32. The first kappa shape index (κ1) is 19.1. The zero-order chi connectivity index (χ0) is 18.8. The lowest BCUT2D eigenvalue weighted by atomic mass is 9.83. The molecule has 0 aliphatic heterocycles. The summed E-state index contributed by atoms with van der Waals surface area (Å²) < 4.78 is 10.6. The van der Waals surface area contributed by atoms with Crippen molar-refractivity contribution in [2.24, 2.45) is 0 Å². The summed E-state index contributed by atoms with van der Waals surface area (Å²) >= 11 is 5.95. The molecule has 5 heteroatoms. The Morgan fingerprint density at radius 1 is 1.12 bits per heavy atom. The van der Waals surface area contributed by atoms with Crippen LogP contribution in [0.3, 0.4) is 0 Å². The monoisotopic (exact) mass is 361 g/mol. The van der Waals surface area contributed by atoms with Gasteiger partial charge in [-0.3, -0.25) is 0 Å². The van der Waals surface area contributed by atoms with Gasteiger partial charge in [-0.2, -0.15) is 0 Å². The SMILES string of the molecule is COC(=O)c1c(C)c(Nc2ccc(Cl)cc2)cc(C(C)(C)C)c1OC. The molecule has 0 aromatic heterocycles. The highest BCUT2D eigenvalue weighted by Gasteiger charge is 2.28. The number of carbonyl (C=O) groups excluding carboxylic acids is 1. The first-order valence-electron chi connectivity index (χ1n) is 8.02. The van der Waals surface area contributed by atoms with E-state index in [9.17, 15) is 4.79 Å². The molecule has 134 valence electrons. The number of methoxy groups -OCH3 is 2. The number of esters is 1. The van der Waals surface area contributed by atoms with Crippen LogP contribution < -0.4 is 10.1 Å². The average Bonchev–Trinajstić information content (AvgIpc) is 2.56. The summed E-state index contributed by atoms with van der Waals surface area (Å²) in [7, 11) is 2.94. The van der Waals surface area contributed by atoms with Crippen LogP contribution in [0.25, 0.3) is 0 Å². The average molecular weight is 362 g/mol.